The molecule has 2 aliphatic rings. The number of halogens is 3. The Bertz CT molecular complexity index is 356. The smallest absolute Gasteiger partial charge is 0.453 e. The maximum Gasteiger partial charge on any atom is 0.490 e. The van der Waals surface area contributed by atoms with Gasteiger partial charge >= 0.3 is 12.1 Å². The summed E-state index contributed by atoms with van der Waals surface area (Å²) in [4.78, 5) is 10.8. The van der Waals surface area contributed by atoms with Gasteiger partial charge in [-0.3, -0.25) is 0 Å². The molecule has 4 N–H and O–H groups in total. The lowest BCUT2D eigenvalue weighted by Crippen LogP contribution is -2.49. The summed E-state index contributed by atoms with van der Waals surface area (Å²) in [6.45, 7) is 1.39. The summed E-state index contributed by atoms with van der Waals surface area (Å²) in [6.07, 6.45) is -5.98. The van der Waals surface area contributed by atoms with Crippen LogP contribution in [0.2, 0.25) is 0 Å². The minimum absolute atomic E-state index is 0.179. The number of aliphatic hydroxyl groups is 1. The predicted octanol–water partition coefficient (Wildman–Crippen LogP) is -0.0778. The molecule has 0 bridgehead atoms. The SMILES string of the molecule is N[C@@H]1[C@H](O)[C@@H](OC(=O)C(F)(F)F)CC12CCNCC2. The molecule has 2 fully saturated rings. The molecule has 110 valence electrons. The number of carbonyl (C=O) groups is 1. The Morgan fingerprint density at radius 1 is 1.37 bits per heavy atom. The first-order chi connectivity index (χ1) is 8.76. The van der Waals surface area contributed by atoms with Crippen LogP contribution in [0.25, 0.3) is 0 Å². The van der Waals surface area contributed by atoms with Gasteiger partial charge in [0.15, 0.2) is 0 Å². The van der Waals surface area contributed by atoms with E-state index in [0.29, 0.717) is 25.9 Å². The quantitative estimate of drug-likeness (QED) is 0.586. The number of aliphatic hydroxyl groups excluding tert-OH is 1. The van der Waals surface area contributed by atoms with Gasteiger partial charge in [-0.1, -0.05) is 0 Å². The Labute approximate surface area is 108 Å². The van der Waals surface area contributed by atoms with E-state index < -0.39 is 35.8 Å². The van der Waals surface area contributed by atoms with E-state index >= 15 is 0 Å². The van der Waals surface area contributed by atoms with Crippen molar-refractivity contribution < 1.29 is 27.8 Å². The van der Waals surface area contributed by atoms with Gasteiger partial charge in [-0.2, -0.15) is 13.2 Å². The molecule has 1 saturated heterocycles. The lowest BCUT2D eigenvalue weighted by molar-refractivity contribution is -0.208. The van der Waals surface area contributed by atoms with Crippen LogP contribution in [0.1, 0.15) is 19.3 Å². The number of alkyl halides is 3. The highest BCUT2D eigenvalue weighted by molar-refractivity contribution is 5.75. The van der Waals surface area contributed by atoms with Crippen LogP contribution in [-0.2, 0) is 9.53 Å². The Morgan fingerprint density at radius 2 is 1.95 bits per heavy atom. The summed E-state index contributed by atoms with van der Waals surface area (Å²) in [7, 11) is 0. The minimum atomic E-state index is -5.05. The third-order valence-corrected chi connectivity index (χ3v) is 4.15. The van der Waals surface area contributed by atoms with E-state index in [9.17, 15) is 23.1 Å². The lowest BCUT2D eigenvalue weighted by atomic mass is 9.74. The van der Waals surface area contributed by atoms with Crippen molar-refractivity contribution in [3.05, 3.63) is 0 Å². The topological polar surface area (TPSA) is 84.6 Å². The molecule has 0 aromatic rings. The maximum absolute atomic E-state index is 12.2. The van der Waals surface area contributed by atoms with Gasteiger partial charge in [-0.25, -0.2) is 4.79 Å². The second-order valence-corrected chi connectivity index (χ2v) is 5.27. The number of nitrogens with one attached hydrogen (secondary N) is 1. The van der Waals surface area contributed by atoms with Gasteiger partial charge in [0, 0.05) is 6.04 Å². The first kappa shape index (κ1) is 14.5. The van der Waals surface area contributed by atoms with Crippen LogP contribution in [0.3, 0.4) is 0 Å². The molecule has 1 saturated carbocycles. The number of rotatable bonds is 1. The molecular weight excluding hydrogens is 265 g/mol. The van der Waals surface area contributed by atoms with Crippen molar-refractivity contribution in [2.24, 2.45) is 11.1 Å². The zero-order chi connectivity index (χ0) is 14.3. The van der Waals surface area contributed by atoms with Gasteiger partial charge in [0.1, 0.15) is 12.2 Å². The summed E-state index contributed by atoms with van der Waals surface area (Å²) in [5, 5.41) is 13.0. The van der Waals surface area contributed by atoms with Gasteiger partial charge in [-0.15, -0.1) is 0 Å². The fourth-order valence-corrected chi connectivity index (χ4v) is 3.03. The molecule has 2 rings (SSSR count). The van der Waals surface area contributed by atoms with Crippen LogP contribution >= 0.6 is 0 Å². The molecule has 5 nitrogen and oxygen atoms in total. The van der Waals surface area contributed by atoms with Crippen LogP contribution < -0.4 is 11.1 Å². The van der Waals surface area contributed by atoms with E-state index in [-0.39, 0.29) is 6.42 Å². The van der Waals surface area contributed by atoms with Gasteiger partial charge in [0.05, 0.1) is 0 Å². The molecular formula is C11H17F3N2O3. The Kier molecular flexibility index (Phi) is 3.76. The van der Waals surface area contributed by atoms with E-state index in [1.54, 1.807) is 0 Å². The van der Waals surface area contributed by atoms with E-state index in [1.807, 2.05) is 0 Å². The molecule has 1 heterocycles. The number of hydrogen-bond acceptors (Lipinski definition) is 5. The third-order valence-electron chi connectivity index (χ3n) is 4.15. The van der Waals surface area contributed by atoms with Gasteiger partial charge in [-0.05, 0) is 37.8 Å². The van der Waals surface area contributed by atoms with E-state index in [0.717, 1.165) is 0 Å². The summed E-state index contributed by atoms with van der Waals surface area (Å²) in [5.74, 6) is -2.27. The van der Waals surface area contributed by atoms with Gasteiger partial charge in [0.25, 0.3) is 0 Å². The normalized spacial score (nSPS) is 34.5. The standard InChI is InChI=1S/C11H17F3N2O3/c12-11(13,14)9(18)19-6-5-10(8(15)7(6)17)1-3-16-4-2-10/h6-8,16-17H,1-5,15H2/t6-,7+,8+/m0/s1. The summed E-state index contributed by atoms with van der Waals surface area (Å²) < 4.78 is 40.9. The van der Waals surface area contributed by atoms with Crippen molar-refractivity contribution in [2.75, 3.05) is 13.1 Å². The second-order valence-electron chi connectivity index (χ2n) is 5.27. The number of esters is 1. The average molecular weight is 282 g/mol. The summed E-state index contributed by atoms with van der Waals surface area (Å²) in [6, 6.07) is -0.666. The zero-order valence-corrected chi connectivity index (χ0v) is 10.2. The first-order valence-electron chi connectivity index (χ1n) is 6.18. The fourth-order valence-electron chi connectivity index (χ4n) is 3.03. The van der Waals surface area contributed by atoms with Crippen molar-refractivity contribution in [1.29, 1.82) is 0 Å². The highest BCUT2D eigenvalue weighted by Crippen LogP contribution is 2.45. The minimum Gasteiger partial charge on any atom is -0.453 e. The molecule has 0 amide bonds. The van der Waals surface area contributed by atoms with E-state index in [1.165, 1.54) is 0 Å². The molecule has 0 aromatic heterocycles. The van der Waals surface area contributed by atoms with Crippen molar-refractivity contribution in [3.8, 4) is 0 Å². The van der Waals surface area contributed by atoms with E-state index in [4.69, 9.17) is 5.73 Å². The molecule has 0 radical (unpaired) electrons. The molecule has 3 atom stereocenters. The second kappa shape index (κ2) is 4.92. The van der Waals surface area contributed by atoms with Crippen LogP contribution in [0.5, 0.6) is 0 Å². The molecule has 0 unspecified atom stereocenters. The first-order valence-corrected chi connectivity index (χ1v) is 6.18. The largest absolute Gasteiger partial charge is 0.490 e. The number of carbonyl (C=O) groups excluding carboxylic acids is 1. The molecule has 1 aliphatic carbocycles. The van der Waals surface area contributed by atoms with Crippen molar-refractivity contribution >= 4 is 5.97 Å². The Balaban J connectivity index is 2.06. The van der Waals surface area contributed by atoms with Crippen LogP contribution in [0, 0.1) is 5.41 Å². The number of piperidine rings is 1. The summed E-state index contributed by atoms with van der Waals surface area (Å²) in [5.41, 5.74) is 5.47. The number of hydrogen-bond donors (Lipinski definition) is 3. The maximum atomic E-state index is 12.2. The Hall–Kier alpha value is -0.860. The van der Waals surface area contributed by atoms with Gasteiger partial charge in [0.2, 0.25) is 0 Å². The lowest BCUT2D eigenvalue weighted by Gasteiger charge is -2.37. The molecule has 8 heteroatoms. The van der Waals surface area contributed by atoms with Gasteiger partial charge < -0.3 is 20.9 Å². The highest BCUT2D eigenvalue weighted by atomic mass is 19.4. The number of nitrogens with two attached hydrogens (primary N) is 1. The third kappa shape index (κ3) is 2.70. The molecule has 1 spiro atoms. The van der Waals surface area contributed by atoms with Crippen molar-refractivity contribution in [3.63, 3.8) is 0 Å². The molecule has 0 aromatic carbocycles. The average Bonchev–Trinajstić information content (AvgIpc) is 2.55. The molecule has 19 heavy (non-hydrogen) atoms. The van der Waals surface area contributed by atoms with Crippen LogP contribution in [-0.4, -0.2) is 48.6 Å². The highest BCUT2D eigenvalue weighted by Gasteiger charge is 2.54. The van der Waals surface area contributed by atoms with Crippen molar-refractivity contribution in [2.45, 2.75) is 43.7 Å². The number of ether oxygens (including phenoxy) is 1. The predicted molar refractivity (Wildman–Crippen MR) is 59.1 cm³/mol. The van der Waals surface area contributed by atoms with E-state index in [2.05, 4.69) is 10.1 Å². The Morgan fingerprint density at radius 3 is 2.47 bits per heavy atom. The summed E-state index contributed by atoms with van der Waals surface area (Å²) >= 11 is 0. The fraction of sp³-hybridized carbons (Fsp3) is 0.909. The zero-order valence-electron chi connectivity index (χ0n) is 10.2. The molecule has 1 aliphatic heterocycles. The van der Waals surface area contributed by atoms with Crippen LogP contribution in [0.4, 0.5) is 13.2 Å². The van der Waals surface area contributed by atoms with Crippen LogP contribution in [0.15, 0.2) is 0 Å². The van der Waals surface area contributed by atoms with Crippen molar-refractivity contribution in [1.82, 2.24) is 5.32 Å². The monoisotopic (exact) mass is 282 g/mol.